The van der Waals surface area contributed by atoms with Crippen LogP contribution in [0.3, 0.4) is 0 Å². The Balaban J connectivity index is 1.83. The van der Waals surface area contributed by atoms with Crippen molar-refractivity contribution >= 4 is 0 Å². The molecule has 1 fully saturated rings. The third-order valence-corrected chi connectivity index (χ3v) is 4.24. The van der Waals surface area contributed by atoms with E-state index >= 15 is 0 Å². The summed E-state index contributed by atoms with van der Waals surface area (Å²) < 4.78 is 13.6. The molecule has 0 spiro atoms. The number of halogens is 1. The van der Waals surface area contributed by atoms with E-state index in [1.54, 1.807) is 12.1 Å². The van der Waals surface area contributed by atoms with Crippen LogP contribution in [0.1, 0.15) is 44.2 Å². The number of likely N-dealkylation sites (tertiary alicyclic amines) is 1. The van der Waals surface area contributed by atoms with Crippen LogP contribution >= 0.6 is 0 Å². The average Bonchev–Trinajstić information content (AvgIpc) is 2.45. The lowest BCUT2D eigenvalue weighted by atomic mass is 9.95. The van der Waals surface area contributed by atoms with Crippen LogP contribution < -0.4 is 5.73 Å². The van der Waals surface area contributed by atoms with E-state index in [1.165, 1.54) is 38.4 Å². The van der Waals surface area contributed by atoms with Gasteiger partial charge in [-0.15, -0.1) is 0 Å². The fraction of sp³-hybridized carbons (Fsp3) is 0.625. The largest absolute Gasteiger partial charge is 0.324 e. The van der Waals surface area contributed by atoms with Crippen molar-refractivity contribution in [2.24, 2.45) is 11.7 Å². The first-order valence-corrected chi connectivity index (χ1v) is 7.43. The highest BCUT2D eigenvalue weighted by atomic mass is 19.1. The standard InChI is InChI=1S/C16H25FN2/c1-2-13-6-5-10-19(12-13)11-9-16(18)14-7-3-4-8-15(14)17/h3-4,7-8,13,16H,2,5-6,9-12,18H2,1H3. The van der Waals surface area contributed by atoms with Crippen LogP contribution in [0.25, 0.3) is 0 Å². The minimum Gasteiger partial charge on any atom is -0.324 e. The van der Waals surface area contributed by atoms with Crippen LogP contribution in [0.5, 0.6) is 0 Å². The third-order valence-electron chi connectivity index (χ3n) is 4.24. The lowest BCUT2D eigenvalue weighted by Crippen LogP contribution is -2.36. The minimum atomic E-state index is -0.191. The average molecular weight is 264 g/mol. The van der Waals surface area contributed by atoms with Gasteiger partial charge in [0.2, 0.25) is 0 Å². The SMILES string of the molecule is CCC1CCCN(CCC(N)c2ccccc2F)C1. The molecular formula is C16H25FN2. The van der Waals surface area contributed by atoms with Gasteiger partial charge in [0.15, 0.2) is 0 Å². The van der Waals surface area contributed by atoms with E-state index in [4.69, 9.17) is 5.73 Å². The Bertz CT molecular complexity index is 394. The summed E-state index contributed by atoms with van der Waals surface area (Å²) in [7, 11) is 0. The Kier molecular flexibility index (Phi) is 5.34. The van der Waals surface area contributed by atoms with Crippen molar-refractivity contribution in [1.29, 1.82) is 0 Å². The highest BCUT2D eigenvalue weighted by Crippen LogP contribution is 2.22. The Labute approximate surface area is 115 Å². The zero-order valence-corrected chi connectivity index (χ0v) is 11.8. The molecule has 2 rings (SSSR count). The summed E-state index contributed by atoms with van der Waals surface area (Å²) in [6.07, 6.45) is 4.73. The third kappa shape index (κ3) is 4.02. The maximum absolute atomic E-state index is 13.6. The maximum Gasteiger partial charge on any atom is 0.127 e. The molecule has 2 atom stereocenters. The number of hydrogen-bond donors (Lipinski definition) is 1. The first-order chi connectivity index (χ1) is 9.20. The quantitative estimate of drug-likeness (QED) is 0.884. The fourth-order valence-electron chi connectivity index (χ4n) is 2.94. The van der Waals surface area contributed by atoms with Crippen molar-refractivity contribution < 1.29 is 4.39 Å². The Morgan fingerprint density at radius 1 is 1.42 bits per heavy atom. The van der Waals surface area contributed by atoms with Crippen molar-refractivity contribution in [3.8, 4) is 0 Å². The summed E-state index contributed by atoms with van der Waals surface area (Å²) in [5, 5.41) is 0. The number of hydrogen-bond acceptors (Lipinski definition) is 2. The summed E-state index contributed by atoms with van der Waals surface area (Å²) in [6.45, 7) is 5.59. The summed E-state index contributed by atoms with van der Waals surface area (Å²) in [6, 6.07) is 6.66. The molecule has 0 saturated carbocycles. The molecule has 1 aliphatic heterocycles. The van der Waals surface area contributed by atoms with Gasteiger partial charge in [0.05, 0.1) is 0 Å². The Morgan fingerprint density at radius 2 is 2.21 bits per heavy atom. The van der Waals surface area contributed by atoms with E-state index in [2.05, 4.69) is 11.8 Å². The van der Waals surface area contributed by atoms with E-state index in [0.29, 0.717) is 5.56 Å². The molecule has 3 heteroatoms. The smallest absolute Gasteiger partial charge is 0.127 e. The molecule has 0 aliphatic carbocycles. The second-order valence-corrected chi connectivity index (χ2v) is 5.63. The van der Waals surface area contributed by atoms with Gasteiger partial charge in [0.25, 0.3) is 0 Å². The number of benzene rings is 1. The second-order valence-electron chi connectivity index (χ2n) is 5.63. The van der Waals surface area contributed by atoms with Crippen molar-refractivity contribution in [3.63, 3.8) is 0 Å². The molecule has 0 aromatic heterocycles. The molecule has 106 valence electrons. The molecule has 1 aliphatic rings. The Hall–Kier alpha value is -0.930. The maximum atomic E-state index is 13.6. The summed E-state index contributed by atoms with van der Waals surface area (Å²) in [4.78, 5) is 2.48. The number of nitrogens with two attached hydrogens (primary N) is 1. The highest BCUT2D eigenvalue weighted by molar-refractivity contribution is 5.20. The van der Waals surface area contributed by atoms with Crippen molar-refractivity contribution in [3.05, 3.63) is 35.6 Å². The number of nitrogens with zero attached hydrogens (tertiary/aromatic N) is 1. The van der Waals surface area contributed by atoms with E-state index in [0.717, 1.165) is 18.9 Å². The van der Waals surface area contributed by atoms with Gasteiger partial charge in [-0.2, -0.15) is 0 Å². The zero-order chi connectivity index (χ0) is 13.7. The van der Waals surface area contributed by atoms with Crippen molar-refractivity contribution in [2.75, 3.05) is 19.6 Å². The molecule has 1 saturated heterocycles. The summed E-state index contributed by atoms with van der Waals surface area (Å²) in [5.41, 5.74) is 6.76. The van der Waals surface area contributed by atoms with Crippen LogP contribution in [0.4, 0.5) is 4.39 Å². The van der Waals surface area contributed by atoms with Crippen LogP contribution in [0, 0.1) is 11.7 Å². The van der Waals surface area contributed by atoms with Crippen LogP contribution in [-0.2, 0) is 0 Å². The van der Waals surface area contributed by atoms with Gasteiger partial charge in [-0.3, -0.25) is 0 Å². The van der Waals surface area contributed by atoms with E-state index < -0.39 is 0 Å². The topological polar surface area (TPSA) is 29.3 Å². The molecule has 19 heavy (non-hydrogen) atoms. The van der Waals surface area contributed by atoms with Crippen LogP contribution in [0.2, 0.25) is 0 Å². The predicted molar refractivity (Wildman–Crippen MR) is 77.4 cm³/mol. The molecule has 0 radical (unpaired) electrons. The molecule has 0 bridgehead atoms. The summed E-state index contributed by atoms with van der Waals surface area (Å²) in [5.74, 6) is 0.651. The van der Waals surface area contributed by atoms with Crippen LogP contribution in [-0.4, -0.2) is 24.5 Å². The zero-order valence-electron chi connectivity index (χ0n) is 11.8. The molecule has 2 unspecified atom stereocenters. The minimum absolute atomic E-state index is 0.180. The highest BCUT2D eigenvalue weighted by Gasteiger charge is 2.19. The normalized spacial score (nSPS) is 22.4. The molecule has 1 aromatic rings. The van der Waals surface area contributed by atoms with Gasteiger partial charge in [-0.1, -0.05) is 31.5 Å². The second kappa shape index (κ2) is 7.01. The van der Waals surface area contributed by atoms with Gasteiger partial charge in [-0.05, 0) is 44.3 Å². The van der Waals surface area contributed by atoms with E-state index in [1.807, 2.05) is 6.07 Å². The molecule has 2 N–H and O–H groups in total. The molecule has 0 amide bonds. The molecule has 1 heterocycles. The van der Waals surface area contributed by atoms with Crippen LogP contribution in [0.15, 0.2) is 24.3 Å². The first kappa shape index (κ1) is 14.5. The van der Waals surface area contributed by atoms with Gasteiger partial charge in [-0.25, -0.2) is 4.39 Å². The molecular weight excluding hydrogens is 239 g/mol. The Morgan fingerprint density at radius 3 is 2.95 bits per heavy atom. The number of rotatable bonds is 5. The lowest BCUT2D eigenvalue weighted by Gasteiger charge is -2.32. The monoisotopic (exact) mass is 264 g/mol. The molecule has 1 aromatic carbocycles. The molecule has 2 nitrogen and oxygen atoms in total. The van der Waals surface area contributed by atoms with Crippen molar-refractivity contribution in [2.45, 2.75) is 38.6 Å². The number of piperidine rings is 1. The fourth-order valence-corrected chi connectivity index (χ4v) is 2.94. The van der Waals surface area contributed by atoms with E-state index in [9.17, 15) is 4.39 Å². The lowest BCUT2D eigenvalue weighted by molar-refractivity contribution is 0.167. The van der Waals surface area contributed by atoms with Gasteiger partial charge in [0, 0.05) is 18.2 Å². The summed E-state index contributed by atoms with van der Waals surface area (Å²) >= 11 is 0. The predicted octanol–water partition coefficient (Wildman–Crippen LogP) is 3.34. The van der Waals surface area contributed by atoms with Crippen molar-refractivity contribution in [1.82, 2.24) is 4.90 Å². The van der Waals surface area contributed by atoms with E-state index in [-0.39, 0.29) is 11.9 Å². The van der Waals surface area contributed by atoms with Gasteiger partial charge < -0.3 is 10.6 Å². The first-order valence-electron chi connectivity index (χ1n) is 7.43. The van der Waals surface area contributed by atoms with Gasteiger partial charge >= 0.3 is 0 Å². The van der Waals surface area contributed by atoms with Gasteiger partial charge in [0.1, 0.15) is 5.82 Å².